The molecule has 4 heteroatoms. The monoisotopic (exact) mass is 550 g/mol. The average molecular weight is 549 g/mol. The van der Waals surface area contributed by atoms with E-state index in [4.69, 9.17) is 17.4 Å². The Kier molecular flexibility index (Phi) is 23.3. The van der Waals surface area contributed by atoms with Crippen molar-refractivity contribution in [1.82, 2.24) is 0 Å². The molecule has 30 heavy (non-hydrogen) atoms. The first-order chi connectivity index (χ1) is 14.5. The van der Waals surface area contributed by atoms with Crippen LogP contribution in [0.25, 0.3) is 0 Å². The summed E-state index contributed by atoms with van der Waals surface area (Å²) in [7, 11) is 0. The first-order valence-electron chi connectivity index (χ1n) is 13.4. The summed E-state index contributed by atoms with van der Waals surface area (Å²) in [5, 5.41) is 0. The zero-order valence-electron chi connectivity index (χ0n) is 20.9. The number of ether oxygens (including phenoxy) is 1. The van der Waals surface area contributed by atoms with E-state index in [0.29, 0.717) is 6.61 Å². The third-order valence-corrected chi connectivity index (χ3v) is 19.1. The SMILES string of the molecule is CCCCCCC[CH2][SnH]([CH2]CCCCCCC)[CH](S)C(=O)OCCCCCC(C)C. The fourth-order valence-corrected chi connectivity index (χ4v) is 14.8. The Morgan fingerprint density at radius 2 is 1.20 bits per heavy atom. The number of esters is 1. The molecule has 0 aromatic rings. The summed E-state index contributed by atoms with van der Waals surface area (Å²) in [6.45, 7) is 9.68. The van der Waals surface area contributed by atoms with Gasteiger partial charge in [0.25, 0.3) is 0 Å². The van der Waals surface area contributed by atoms with E-state index >= 15 is 0 Å². The Morgan fingerprint density at radius 3 is 1.70 bits per heavy atom. The molecule has 1 unspecified atom stereocenters. The predicted molar refractivity (Wildman–Crippen MR) is 141 cm³/mol. The molecular weight excluding hydrogens is 495 g/mol. The van der Waals surface area contributed by atoms with Crippen molar-refractivity contribution < 1.29 is 9.53 Å². The van der Waals surface area contributed by atoms with Crippen LogP contribution in [-0.2, 0) is 9.53 Å². The van der Waals surface area contributed by atoms with Crippen molar-refractivity contribution in [1.29, 1.82) is 0 Å². The van der Waals surface area contributed by atoms with Gasteiger partial charge in [0.15, 0.2) is 0 Å². The molecule has 180 valence electrons. The van der Waals surface area contributed by atoms with Crippen LogP contribution in [0.1, 0.15) is 130 Å². The summed E-state index contributed by atoms with van der Waals surface area (Å²) in [6.07, 6.45) is 20.8. The molecule has 0 amide bonds. The van der Waals surface area contributed by atoms with Gasteiger partial charge in [-0.15, -0.1) is 0 Å². The third kappa shape index (κ3) is 19.3. The molecule has 0 N–H and O–H groups in total. The summed E-state index contributed by atoms with van der Waals surface area (Å²) in [5.41, 5.74) is 0. The molecule has 0 bridgehead atoms. The first-order valence-corrected chi connectivity index (χ1v) is 20.5. The van der Waals surface area contributed by atoms with Gasteiger partial charge in [-0.05, 0) is 0 Å². The summed E-state index contributed by atoms with van der Waals surface area (Å²) in [6, 6.07) is 0. The molecular formula is C26H54O2SSn. The van der Waals surface area contributed by atoms with Crippen LogP contribution in [-0.4, -0.2) is 35.6 Å². The van der Waals surface area contributed by atoms with Gasteiger partial charge < -0.3 is 0 Å². The molecule has 0 aromatic heterocycles. The summed E-state index contributed by atoms with van der Waals surface area (Å²) in [4.78, 5) is 12.6. The van der Waals surface area contributed by atoms with Gasteiger partial charge in [-0.25, -0.2) is 0 Å². The number of thiol groups is 1. The minimum absolute atomic E-state index is 0.0139. The zero-order valence-corrected chi connectivity index (χ0v) is 25.1. The van der Waals surface area contributed by atoms with Crippen LogP contribution in [0.4, 0.5) is 0 Å². The van der Waals surface area contributed by atoms with Gasteiger partial charge >= 0.3 is 203 Å². The second-order valence-electron chi connectivity index (χ2n) is 9.73. The molecule has 0 saturated carbocycles. The molecule has 0 aliphatic carbocycles. The van der Waals surface area contributed by atoms with E-state index in [1.165, 1.54) is 105 Å². The van der Waals surface area contributed by atoms with Crippen molar-refractivity contribution >= 4 is 38.4 Å². The topological polar surface area (TPSA) is 26.3 Å². The Hall–Kier alpha value is 0.619. The van der Waals surface area contributed by atoms with E-state index in [1.54, 1.807) is 0 Å². The Labute approximate surface area is 202 Å². The van der Waals surface area contributed by atoms with Gasteiger partial charge in [0.1, 0.15) is 0 Å². The van der Waals surface area contributed by atoms with E-state index < -0.39 is 19.8 Å². The number of rotatable bonds is 22. The van der Waals surface area contributed by atoms with Crippen molar-refractivity contribution in [3.63, 3.8) is 0 Å². The summed E-state index contributed by atoms with van der Waals surface area (Å²) >= 11 is 2.83. The van der Waals surface area contributed by atoms with Gasteiger partial charge in [-0.3, -0.25) is 0 Å². The van der Waals surface area contributed by atoms with Crippen LogP contribution in [0.5, 0.6) is 0 Å². The van der Waals surface area contributed by atoms with E-state index in [0.717, 1.165) is 12.3 Å². The fraction of sp³-hybridized carbons (Fsp3) is 0.962. The van der Waals surface area contributed by atoms with Crippen molar-refractivity contribution in [2.24, 2.45) is 5.92 Å². The van der Waals surface area contributed by atoms with Gasteiger partial charge in [0, 0.05) is 0 Å². The fourth-order valence-electron chi connectivity index (χ4n) is 4.12. The third-order valence-electron chi connectivity index (χ3n) is 6.22. The molecule has 2 nitrogen and oxygen atoms in total. The van der Waals surface area contributed by atoms with Crippen molar-refractivity contribution in [3.8, 4) is 0 Å². The number of hydrogen-bond donors (Lipinski definition) is 1. The minimum atomic E-state index is -1.99. The second kappa shape index (κ2) is 22.8. The van der Waals surface area contributed by atoms with E-state index in [-0.39, 0.29) is 9.24 Å². The van der Waals surface area contributed by atoms with E-state index in [9.17, 15) is 4.79 Å². The molecule has 0 aliphatic heterocycles. The average Bonchev–Trinajstić information content (AvgIpc) is 2.73. The molecule has 0 fully saturated rings. The molecule has 0 radical (unpaired) electrons. The van der Waals surface area contributed by atoms with E-state index in [2.05, 4.69) is 27.7 Å². The Balaban J connectivity index is 4.24. The van der Waals surface area contributed by atoms with Crippen molar-refractivity contribution in [2.75, 3.05) is 6.61 Å². The van der Waals surface area contributed by atoms with Crippen LogP contribution in [0.2, 0.25) is 8.87 Å². The zero-order chi connectivity index (χ0) is 22.5. The molecule has 0 saturated heterocycles. The van der Waals surface area contributed by atoms with Crippen molar-refractivity contribution in [2.45, 2.75) is 143 Å². The van der Waals surface area contributed by atoms with Crippen LogP contribution in [0.15, 0.2) is 0 Å². The normalized spacial score (nSPS) is 12.6. The van der Waals surface area contributed by atoms with Crippen LogP contribution in [0, 0.1) is 5.92 Å². The van der Waals surface area contributed by atoms with Gasteiger partial charge in [0.05, 0.1) is 0 Å². The maximum atomic E-state index is 12.6. The van der Waals surface area contributed by atoms with Gasteiger partial charge in [-0.2, -0.15) is 0 Å². The first kappa shape index (κ1) is 30.6. The Bertz CT molecular complexity index is 360. The molecule has 0 heterocycles. The van der Waals surface area contributed by atoms with Crippen molar-refractivity contribution in [3.05, 3.63) is 0 Å². The summed E-state index contributed by atoms with van der Waals surface area (Å²) < 4.78 is 8.28. The molecule has 1 atom stereocenters. The van der Waals surface area contributed by atoms with Crippen LogP contribution < -0.4 is 0 Å². The molecule has 0 aliphatic rings. The Morgan fingerprint density at radius 1 is 0.733 bits per heavy atom. The van der Waals surface area contributed by atoms with Gasteiger partial charge in [0.2, 0.25) is 0 Å². The predicted octanol–water partition coefficient (Wildman–Crippen LogP) is 8.53. The molecule has 0 aromatic carbocycles. The second-order valence-corrected chi connectivity index (χ2v) is 21.4. The standard InChI is InChI=1S/C10H19O2S.2C8H17.Sn.H/c1-9(2)6-4-3-5-7-12-10(11)8-13;2*1-3-5-7-8-6-4-2;;/h8-9,13H,3-7H2,1-2H3;2*1,3-8H2,2H3;;. The quantitative estimate of drug-likeness (QED) is 0.0634. The summed E-state index contributed by atoms with van der Waals surface area (Å²) in [5.74, 6) is 0.785. The molecule has 0 spiro atoms. The maximum absolute atomic E-state index is 12.6. The molecule has 0 rings (SSSR count). The van der Waals surface area contributed by atoms with Crippen LogP contribution in [0.3, 0.4) is 0 Å². The number of unbranched alkanes of at least 4 members (excludes halogenated alkanes) is 12. The number of carbonyl (C=O) groups excluding carboxylic acids is 1. The number of hydrogen-bond acceptors (Lipinski definition) is 3. The van der Waals surface area contributed by atoms with Gasteiger partial charge in [-0.1, -0.05) is 0 Å². The number of carbonyl (C=O) groups is 1. The van der Waals surface area contributed by atoms with E-state index in [1.807, 2.05) is 0 Å². The van der Waals surface area contributed by atoms with Crippen LogP contribution >= 0.6 is 12.6 Å².